The van der Waals surface area contributed by atoms with Crippen LogP contribution in [0.4, 0.5) is 0 Å². The molecule has 0 bridgehead atoms. The molecule has 2 fully saturated rings. The van der Waals surface area contributed by atoms with Crippen molar-refractivity contribution in [1.29, 1.82) is 0 Å². The van der Waals surface area contributed by atoms with Crippen molar-refractivity contribution < 1.29 is 5.11 Å². The van der Waals surface area contributed by atoms with Crippen molar-refractivity contribution >= 4 is 0 Å². The van der Waals surface area contributed by atoms with E-state index in [0.717, 1.165) is 31.3 Å². The second-order valence-electron chi connectivity index (χ2n) is 6.65. The average molecular weight is 254 g/mol. The summed E-state index contributed by atoms with van der Waals surface area (Å²) in [5.74, 6) is 1.95. The maximum Gasteiger partial charge on any atom is 0.0611 e. The summed E-state index contributed by atoms with van der Waals surface area (Å²) in [7, 11) is 0. The van der Waals surface area contributed by atoms with Crippen molar-refractivity contribution in [1.82, 2.24) is 10.2 Å². The smallest absolute Gasteiger partial charge is 0.0611 e. The van der Waals surface area contributed by atoms with E-state index < -0.39 is 0 Å². The van der Waals surface area contributed by atoms with Gasteiger partial charge < -0.3 is 15.3 Å². The first kappa shape index (κ1) is 14.3. The predicted molar refractivity (Wildman–Crippen MR) is 75.7 cm³/mol. The monoisotopic (exact) mass is 254 g/mol. The Morgan fingerprint density at radius 1 is 1.17 bits per heavy atom. The van der Waals surface area contributed by atoms with E-state index in [4.69, 9.17) is 0 Å². The Morgan fingerprint density at radius 2 is 1.72 bits per heavy atom. The van der Waals surface area contributed by atoms with Gasteiger partial charge in [0.15, 0.2) is 0 Å². The van der Waals surface area contributed by atoms with Crippen LogP contribution < -0.4 is 5.32 Å². The highest BCUT2D eigenvalue weighted by Crippen LogP contribution is 2.33. The average Bonchev–Trinajstić information content (AvgIpc) is 3.22. The number of nitrogens with zero attached hydrogens (tertiary/aromatic N) is 1. The van der Waals surface area contributed by atoms with E-state index >= 15 is 0 Å². The van der Waals surface area contributed by atoms with Crippen molar-refractivity contribution in [3.63, 3.8) is 0 Å². The highest BCUT2D eigenvalue weighted by molar-refractivity contribution is 4.86. The van der Waals surface area contributed by atoms with Crippen molar-refractivity contribution in [2.24, 2.45) is 11.8 Å². The quantitative estimate of drug-likeness (QED) is 0.624. The number of hydrogen-bond donors (Lipinski definition) is 2. The molecule has 0 aromatic carbocycles. The summed E-state index contributed by atoms with van der Waals surface area (Å²) < 4.78 is 0. The largest absolute Gasteiger partial charge is 0.394 e. The van der Waals surface area contributed by atoms with Crippen molar-refractivity contribution in [3.05, 3.63) is 0 Å². The van der Waals surface area contributed by atoms with Crippen LogP contribution >= 0.6 is 0 Å². The van der Waals surface area contributed by atoms with E-state index in [1.54, 1.807) is 0 Å². The first-order chi connectivity index (χ1) is 8.65. The Bertz CT molecular complexity index is 237. The predicted octanol–water partition coefficient (Wildman–Crippen LogP) is 1.86. The minimum Gasteiger partial charge on any atom is -0.394 e. The van der Waals surface area contributed by atoms with Crippen LogP contribution in [0.15, 0.2) is 0 Å². The maximum absolute atomic E-state index is 9.54. The minimum atomic E-state index is -0.0971. The standard InChI is InChI=1S/C15H30N2O/c1-3-16-15(2,12-18)8-9-17(10-13-4-5-13)11-14-6-7-14/h13-14,16,18H,3-12H2,1-2H3. The van der Waals surface area contributed by atoms with Gasteiger partial charge in [-0.1, -0.05) is 6.92 Å². The molecule has 1 unspecified atom stereocenters. The van der Waals surface area contributed by atoms with Gasteiger partial charge >= 0.3 is 0 Å². The number of aliphatic hydroxyl groups is 1. The zero-order chi connectivity index (χ0) is 13.0. The van der Waals surface area contributed by atoms with E-state index in [9.17, 15) is 5.11 Å². The van der Waals surface area contributed by atoms with Gasteiger partial charge in [0.2, 0.25) is 0 Å². The Labute approximate surface area is 112 Å². The van der Waals surface area contributed by atoms with Crippen LogP contribution in [-0.2, 0) is 0 Å². The summed E-state index contributed by atoms with van der Waals surface area (Å²) >= 11 is 0. The zero-order valence-corrected chi connectivity index (χ0v) is 12.1. The molecular weight excluding hydrogens is 224 g/mol. The Balaban J connectivity index is 1.74. The lowest BCUT2D eigenvalue weighted by atomic mass is 9.98. The van der Waals surface area contributed by atoms with Gasteiger partial charge in [-0.3, -0.25) is 0 Å². The van der Waals surface area contributed by atoms with Crippen LogP contribution in [0.3, 0.4) is 0 Å². The molecule has 0 aliphatic heterocycles. The second kappa shape index (κ2) is 6.36. The minimum absolute atomic E-state index is 0.0971. The molecule has 106 valence electrons. The molecule has 3 heteroatoms. The fourth-order valence-electron chi connectivity index (χ4n) is 2.64. The third-order valence-corrected chi connectivity index (χ3v) is 4.36. The molecule has 2 rings (SSSR count). The van der Waals surface area contributed by atoms with Crippen molar-refractivity contribution in [2.45, 2.75) is 51.5 Å². The molecule has 0 amide bonds. The Kier molecular flexibility index (Phi) is 5.05. The molecule has 0 heterocycles. The molecule has 18 heavy (non-hydrogen) atoms. The van der Waals surface area contributed by atoms with Gasteiger partial charge in [0, 0.05) is 18.6 Å². The molecule has 3 nitrogen and oxygen atoms in total. The van der Waals surface area contributed by atoms with Gasteiger partial charge in [0.1, 0.15) is 0 Å². The fraction of sp³-hybridized carbons (Fsp3) is 1.00. The van der Waals surface area contributed by atoms with E-state index in [2.05, 4.69) is 24.1 Å². The van der Waals surface area contributed by atoms with Gasteiger partial charge in [-0.2, -0.15) is 0 Å². The second-order valence-corrected chi connectivity index (χ2v) is 6.65. The molecule has 0 aromatic rings. The van der Waals surface area contributed by atoms with Crippen LogP contribution in [0.5, 0.6) is 0 Å². The number of hydrogen-bond acceptors (Lipinski definition) is 3. The first-order valence-electron chi connectivity index (χ1n) is 7.73. The number of likely N-dealkylation sites (N-methyl/N-ethyl adjacent to an activating group) is 1. The van der Waals surface area contributed by atoms with Gasteiger partial charge in [-0.25, -0.2) is 0 Å². The van der Waals surface area contributed by atoms with E-state index in [-0.39, 0.29) is 12.1 Å². The first-order valence-corrected chi connectivity index (χ1v) is 7.73. The lowest BCUT2D eigenvalue weighted by molar-refractivity contribution is 0.143. The topological polar surface area (TPSA) is 35.5 Å². The molecule has 0 spiro atoms. The zero-order valence-electron chi connectivity index (χ0n) is 12.1. The number of rotatable bonds is 10. The van der Waals surface area contributed by atoms with Crippen LogP contribution in [0.2, 0.25) is 0 Å². The van der Waals surface area contributed by atoms with E-state index in [1.165, 1.54) is 38.8 Å². The Morgan fingerprint density at radius 3 is 2.11 bits per heavy atom. The third kappa shape index (κ3) is 4.87. The van der Waals surface area contributed by atoms with Crippen LogP contribution in [-0.4, -0.2) is 48.3 Å². The summed E-state index contributed by atoms with van der Waals surface area (Å²) in [4.78, 5) is 2.65. The normalized spacial score (nSPS) is 23.3. The fourth-order valence-corrected chi connectivity index (χ4v) is 2.64. The van der Waals surface area contributed by atoms with E-state index in [1.807, 2.05) is 0 Å². The third-order valence-electron chi connectivity index (χ3n) is 4.36. The molecule has 0 saturated heterocycles. The van der Waals surface area contributed by atoms with Gasteiger partial charge in [-0.05, 0) is 64.0 Å². The maximum atomic E-state index is 9.54. The highest BCUT2D eigenvalue weighted by atomic mass is 16.3. The molecule has 2 N–H and O–H groups in total. The molecule has 2 aliphatic carbocycles. The SMILES string of the molecule is CCNC(C)(CO)CCN(CC1CC1)CC1CC1. The van der Waals surface area contributed by atoms with Crippen molar-refractivity contribution in [2.75, 3.05) is 32.8 Å². The van der Waals surface area contributed by atoms with Crippen LogP contribution in [0.1, 0.15) is 46.0 Å². The Hall–Kier alpha value is -0.120. The van der Waals surface area contributed by atoms with Gasteiger partial charge in [0.25, 0.3) is 0 Å². The number of nitrogens with one attached hydrogen (secondary N) is 1. The van der Waals surface area contributed by atoms with Crippen molar-refractivity contribution in [3.8, 4) is 0 Å². The van der Waals surface area contributed by atoms with Crippen LogP contribution in [0.25, 0.3) is 0 Å². The summed E-state index contributed by atoms with van der Waals surface area (Å²) in [6.45, 7) is 9.15. The van der Waals surface area contributed by atoms with E-state index in [0.29, 0.717) is 0 Å². The summed E-state index contributed by atoms with van der Waals surface area (Å²) in [6.07, 6.45) is 6.80. The summed E-state index contributed by atoms with van der Waals surface area (Å²) in [5, 5.41) is 13.0. The molecule has 2 aliphatic rings. The number of aliphatic hydroxyl groups excluding tert-OH is 1. The van der Waals surface area contributed by atoms with Gasteiger partial charge in [-0.15, -0.1) is 0 Å². The lowest BCUT2D eigenvalue weighted by Gasteiger charge is -2.32. The molecular formula is C15H30N2O. The highest BCUT2D eigenvalue weighted by Gasteiger charge is 2.30. The summed E-state index contributed by atoms with van der Waals surface area (Å²) in [5.41, 5.74) is -0.0971. The summed E-state index contributed by atoms with van der Waals surface area (Å²) in [6, 6.07) is 0. The molecule has 1 atom stereocenters. The lowest BCUT2D eigenvalue weighted by Crippen LogP contribution is -2.48. The molecule has 2 saturated carbocycles. The molecule has 0 radical (unpaired) electrons. The van der Waals surface area contributed by atoms with Gasteiger partial charge in [0.05, 0.1) is 6.61 Å². The van der Waals surface area contributed by atoms with Crippen LogP contribution in [0, 0.1) is 11.8 Å². The molecule has 0 aromatic heterocycles.